The van der Waals surface area contributed by atoms with Crippen molar-refractivity contribution in [3.05, 3.63) is 36.5 Å². The number of aliphatic hydroxyl groups is 5. The predicted molar refractivity (Wildman–Crippen MR) is 311 cm³/mol. The van der Waals surface area contributed by atoms with Crippen LogP contribution in [0.5, 0.6) is 0 Å². The third kappa shape index (κ3) is 40.7. The SMILES string of the molecule is CCCCCCCC/C=C\CCCCCC(=O)OC1C(OCC(NC(=O)C(O)CCCCCCCCCCCC/C=C/CCCCCCCC)C(O)/C=C/CCCCCCCCCCCCC)OC(CO)C(O)C1O. The minimum Gasteiger partial charge on any atom is -0.454 e. The molecule has 11 heteroatoms. The lowest BCUT2D eigenvalue weighted by Crippen LogP contribution is -2.61. The zero-order valence-electron chi connectivity index (χ0n) is 48.7. The Morgan fingerprint density at radius 2 is 0.880 bits per heavy atom. The van der Waals surface area contributed by atoms with Gasteiger partial charge >= 0.3 is 5.97 Å². The van der Waals surface area contributed by atoms with Gasteiger partial charge in [0.2, 0.25) is 5.91 Å². The number of esters is 1. The van der Waals surface area contributed by atoms with Crippen LogP contribution in [0.2, 0.25) is 0 Å². The van der Waals surface area contributed by atoms with E-state index >= 15 is 0 Å². The Balaban J connectivity index is 2.67. The summed E-state index contributed by atoms with van der Waals surface area (Å²) in [6, 6.07) is -1.02. The van der Waals surface area contributed by atoms with Gasteiger partial charge in [0, 0.05) is 6.42 Å². The lowest BCUT2D eigenvalue weighted by molar-refractivity contribution is -0.305. The van der Waals surface area contributed by atoms with Crippen LogP contribution in [0.15, 0.2) is 36.5 Å². The Labute approximate surface area is 460 Å². The number of aliphatic hydroxyl groups excluding tert-OH is 5. The van der Waals surface area contributed by atoms with E-state index in [0.29, 0.717) is 19.3 Å². The second-order valence-corrected chi connectivity index (χ2v) is 22.1. The Kier molecular flexibility index (Phi) is 49.7. The van der Waals surface area contributed by atoms with Gasteiger partial charge in [-0.1, -0.05) is 250 Å². The van der Waals surface area contributed by atoms with Crippen LogP contribution in [-0.4, -0.2) is 99.6 Å². The molecule has 1 aliphatic rings. The molecule has 0 spiro atoms. The summed E-state index contributed by atoms with van der Waals surface area (Å²) in [6.45, 7) is 5.79. The first-order valence-electron chi connectivity index (χ1n) is 31.8. The zero-order valence-corrected chi connectivity index (χ0v) is 48.7. The van der Waals surface area contributed by atoms with Crippen molar-refractivity contribution in [2.24, 2.45) is 0 Å². The van der Waals surface area contributed by atoms with Crippen molar-refractivity contribution in [1.29, 1.82) is 0 Å². The lowest BCUT2D eigenvalue weighted by atomic mass is 9.99. The summed E-state index contributed by atoms with van der Waals surface area (Å²) in [5, 5.41) is 57.0. The molecule has 0 aliphatic carbocycles. The van der Waals surface area contributed by atoms with Crippen LogP contribution >= 0.6 is 0 Å². The molecule has 0 saturated carbocycles. The number of allylic oxidation sites excluding steroid dienone is 5. The molecule has 440 valence electrons. The fourth-order valence-electron chi connectivity index (χ4n) is 9.94. The highest BCUT2D eigenvalue weighted by molar-refractivity contribution is 5.80. The maximum atomic E-state index is 13.4. The molecule has 1 rings (SSSR count). The maximum Gasteiger partial charge on any atom is 0.306 e. The van der Waals surface area contributed by atoms with Crippen LogP contribution in [0.3, 0.4) is 0 Å². The Bertz CT molecular complexity index is 1360. The van der Waals surface area contributed by atoms with Gasteiger partial charge in [-0.3, -0.25) is 9.59 Å². The molecule has 11 nitrogen and oxygen atoms in total. The number of carbonyl (C=O) groups is 2. The highest BCUT2D eigenvalue weighted by Crippen LogP contribution is 2.26. The quantitative estimate of drug-likeness (QED) is 0.0195. The molecule has 1 aliphatic heterocycles. The molecule has 8 atom stereocenters. The third-order valence-corrected chi connectivity index (χ3v) is 15.0. The van der Waals surface area contributed by atoms with Crippen LogP contribution in [0.4, 0.5) is 0 Å². The number of nitrogens with one attached hydrogen (secondary N) is 1. The molecule has 6 N–H and O–H groups in total. The molecule has 1 fully saturated rings. The Morgan fingerprint density at radius 1 is 0.507 bits per heavy atom. The fraction of sp³-hybridized carbons (Fsp3) is 0.875. The number of amides is 1. The average molecular weight is 1060 g/mol. The van der Waals surface area contributed by atoms with E-state index in [1.54, 1.807) is 6.08 Å². The van der Waals surface area contributed by atoms with Gasteiger partial charge in [0.1, 0.15) is 24.4 Å². The molecule has 0 radical (unpaired) electrons. The number of carbonyl (C=O) groups excluding carboxylic acids is 2. The van der Waals surface area contributed by atoms with Crippen LogP contribution in [0.1, 0.15) is 297 Å². The highest BCUT2D eigenvalue weighted by Gasteiger charge is 2.47. The summed E-state index contributed by atoms with van der Waals surface area (Å²) in [7, 11) is 0. The molecule has 0 aromatic carbocycles. The molecule has 0 aromatic heterocycles. The number of unbranched alkanes of at least 4 members (excludes halogenated alkanes) is 36. The van der Waals surface area contributed by atoms with E-state index in [2.05, 4.69) is 50.4 Å². The fourth-order valence-corrected chi connectivity index (χ4v) is 9.94. The van der Waals surface area contributed by atoms with Crippen molar-refractivity contribution < 1.29 is 49.3 Å². The van der Waals surface area contributed by atoms with E-state index in [1.807, 2.05) is 6.08 Å². The first-order chi connectivity index (χ1) is 36.7. The number of ether oxygens (including phenoxy) is 3. The summed E-state index contributed by atoms with van der Waals surface area (Å²) < 4.78 is 17.6. The molecule has 0 aromatic rings. The Morgan fingerprint density at radius 3 is 1.29 bits per heavy atom. The molecule has 8 unspecified atom stereocenters. The van der Waals surface area contributed by atoms with E-state index in [1.165, 1.54) is 186 Å². The van der Waals surface area contributed by atoms with Gasteiger partial charge in [0.15, 0.2) is 12.4 Å². The van der Waals surface area contributed by atoms with Crippen molar-refractivity contribution in [1.82, 2.24) is 5.32 Å². The standard InChI is InChI=1S/C64H119NO10/c1-4-7-10-13-16-19-22-25-26-27-28-29-30-31-34-36-39-42-45-48-51-57(68)63(72)65-55(56(67)50-47-44-41-38-35-32-23-20-17-14-11-8-5-2)54-73-64-62(61(71)60(70)58(53-66)74-64)75-59(69)52-49-46-43-40-37-33-24-21-18-15-12-9-6-3/h25-26,33,37,47,50,55-58,60-62,64,66-68,70-71H,4-24,27-32,34-36,38-46,48-49,51-54H2,1-3H3,(H,65,72)/b26-25+,37-33-,50-47+. The van der Waals surface area contributed by atoms with E-state index in [9.17, 15) is 35.1 Å². The summed E-state index contributed by atoms with van der Waals surface area (Å²) >= 11 is 0. The second kappa shape index (κ2) is 52.6. The second-order valence-electron chi connectivity index (χ2n) is 22.1. The van der Waals surface area contributed by atoms with Crippen LogP contribution in [-0.2, 0) is 23.8 Å². The monoisotopic (exact) mass is 1060 g/mol. The minimum atomic E-state index is -1.62. The molecule has 1 saturated heterocycles. The summed E-state index contributed by atoms with van der Waals surface area (Å²) in [6.07, 6.45) is 51.8. The van der Waals surface area contributed by atoms with Crippen molar-refractivity contribution in [3.63, 3.8) is 0 Å². The van der Waals surface area contributed by atoms with Gasteiger partial charge in [0.25, 0.3) is 0 Å². The number of rotatable bonds is 54. The topological polar surface area (TPSA) is 175 Å². The van der Waals surface area contributed by atoms with Gasteiger partial charge in [-0.2, -0.15) is 0 Å². The van der Waals surface area contributed by atoms with Gasteiger partial charge in [-0.25, -0.2) is 0 Å². The van der Waals surface area contributed by atoms with Gasteiger partial charge in [-0.05, 0) is 77.0 Å². The van der Waals surface area contributed by atoms with Gasteiger partial charge < -0.3 is 45.1 Å². The van der Waals surface area contributed by atoms with E-state index < -0.39 is 67.4 Å². The maximum absolute atomic E-state index is 13.4. The summed E-state index contributed by atoms with van der Waals surface area (Å²) in [5.74, 6) is -1.20. The first kappa shape index (κ1) is 70.9. The zero-order chi connectivity index (χ0) is 54.7. The molecule has 1 amide bonds. The summed E-state index contributed by atoms with van der Waals surface area (Å²) in [4.78, 5) is 26.5. The average Bonchev–Trinajstić information content (AvgIpc) is 3.41. The van der Waals surface area contributed by atoms with Gasteiger partial charge in [-0.15, -0.1) is 0 Å². The van der Waals surface area contributed by atoms with Crippen molar-refractivity contribution in [2.75, 3.05) is 13.2 Å². The van der Waals surface area contributed by atoms with Crippen molar-refractivity contribution in [2.45, 2.75) is 346 Å². The van der Waals surface area contributed by atoms with Crippen LogP contribution in [0.25, 0.3) is 0 Å². The molecular formula is C64H119NO10. The normalized spacial score (nSPS) is 19.4. The predicted octanol–water partition coefficient (Wildman–Crippen LogP) is 15.1. The molecule has 0 bridgehead atoms. The first-order valence-corrected chi connectivity index (χ1v) is 31.8. The number of hydrogen-bond acceptors (Lipinski definition) is 10. The smallest absolute Gasteiger partial charge is 0.306 e. The minimum absolute atomic E-state index is 0.105. The highest BCUT2D eigenvalue weighted by atomic mass is 16.7. The summed E-state index contributed by atoms with van der Waals surface area (Å²) in [5.41, 5.74) is 0. The largest absolute Gasteiger partial charge is 0.454 e. The van der Waals surface area contributed by atoms with Crippen molar-refractivity contribution in [3.8, 4) is 0 Å². The lowest BCUT2D eigenvalue weighted by Gasteiger charge is -2.41. The van der Waals surface area contributed by atoms with Crippen molar-refractivity contribution >= 4 is 11.9 Å². The van der Waals surface area contributed by atoms with E-state index in [4.69, 9.17) is 14.2 Å². The van der Waals surface area contributed by atoms with Gasteiger partial charge in [0.05, 0.1) is 25.4 Å². The molecule has 75 heavy (non-hydrogen) atoms. The van der Waals surface area contributed by atoms with E-state index in [-0.39, 0.29) is 13.0 Å². The van der Waals surface area contributed by atoms with Crippen LogP contribution < -0.4 is 5.32 Å². The van der Waals surface area contributed by atoms with E-state index in [0.717, 1.165) is 64.2 Å². The molecular weight excluding hydrogens is 943 g/mol. The number of hydrogen-bond donors (Lipinski definition) is 6. The molecule has 1 heterocycles. The Hall–Kier alpha value is -2.12. The van der Waals surface area contributed by atoms with Crippen LogP contribution in [0, 0.1) is 0 Å². The third-order valence-electron chi connectivity index (χ3n) is 15.0.